The molecule has 1 atom stereocenters. The van der Waals surface area contributed by atoms with Crippen LogP contribution in [-0.4, -0.2) is 66.1 Å². The molecule has 0 saturated carbocycles. The number of nitrogens with zero attached hydrogens (tertiary/aromatic N) is 5. The van der Waals surface area contributed by atoms with Gasteiger partial charge in [-0.3, -0.25) is 14.4 Å². The van der Waals surface area contributed by atoms with Crippen molar-refractivity contribution < 1.29 is 27.5 Å². The molecule has 0 radical (unpaired) electrons. The molecule has 2 N–H and O–H groups in total. The zero-order valence-corrected chi connectivity index (χ0v) is 26.2. The van der Waals surface area contributed by atoms with Crippen LogP contribution in [0.4, 0.5) is 24.8 Å². The summed E-state index contributed by atoms with van der Waals surface area (Å²) in [6, 6.07) is 0.751. The molecule has 2 aromatic heterocycles. The van der Waals surface area contributed by atoms with Crippen LogP contribution < -0.4 is 21.3 Å². The van der Waals surface area contributed by atoms with Crippen LogP contribution in [0.15, 0.2) is 27.9 Å². The molecule has 0 aromatic carbocycles. The summed E-state index contributed by atoms with van der Waals surface area (Å²) in [5, 5.41) is 7.31. The number of nitrogens with one attached hydrogen (secondary N) is 2. The smallest absolute Gasteiger partial charge is 0.378 e. The maximum Gasteiger partial charge on any atom is 0.419 e. The number of ether oxygens (including phenoxy) is 1. The molecule has 2 aromatic rings. The Kier molecular flexibility index (Phi) is 11.7. The largest absolute Gasteiger partial charge is 0.419 e. The number of hydrogen-bond donors (Lipinski definition) is 2. The normalized spacial score (nSPS) is 15.6. The first-order valence-electron chi connectivity index (χ1n) is 13.4. The second kappa shape index (κ2) is 14.6. The van der Waals surface area contributed by atoms with Gasteiger partial charge in [0.05, 0.1) is 24.1 Å². The molecule has 41 heavy (non-hydrogen) atoms. The maximum atomic E-state index is 12.7. The fourth-order valence-corrected chi connectivity index (χ4v) is 5.19. The van der Waals surface area contributed by atoms with Gasteiger partial charge in [-0.1, -0.05) is 19.6 Å². The molecule has 16 heteroatoms. The van der Waals surface area contributed by atoms with E-state index in [4.69, 9.17) is 9.57 Å². The molecule has 1 fully saturated rings. The summed E-state index contributed by atoms with van der Waals surface area (Å²) in [5.41, 5.74) is 1.75. The van der Waals surface area contributed by atoms with Gasteiger partial charge < -0.3 is 15.0 Å². The highest BCUT2D eigenvalue weighted by atomic mass is 79.9. The van der Waals surface area contributed by atoms with Crippen LogP contribution in [0, 0.1) is 5.92 Å². The van der Waals surface area contributed by atoms with Crippen LogP contribution in [0.1, 0.15) is 31.7 Å². The van der Waals surface area contributed by atoms with Gasteiger partial charge in [0, 0.05) is 52.6 Å². The third-order valence-electron chi connectivity index (χ3n) is 6.45. The number of carbonyl (C=O) groups is 1. The molecule has 1 aliphatic rings. The Labute approximate surface area is 246 Å². The average Bonchev–Trinajstić information content (AvgIpc) is 2.90. The van der Waals surface area contributed by atoms with E-state index in [0.29, 0.717) is 42.7 Å². The van der Waals surface area contributed by atoms with E-state index in [9.17, 15) is 22.8 Å². The van der Waals surface area contributed by atoms with Crippen LogP contribution in [0.5, 0.6) is 0 Å². The van der Waals surface area contributed by atoms with Crippen LogP contribution in [-0.2, 0) is 27.3 Å². The van der Waals surface area contributed by atoms with Gasteiger partial charge in [-0.2, -0.15) is 18.3 Å². The Morgan fingerprint density at radius 3 is 2.46 bits per heavy atom. The summed E-state index contributed by atoms with van der Waals surface area (Å²) in [5.74, 6) is 0.0876. The van der Waals surface area contributed by atoms with Gasteiger partial charge in [0.1, 0.15) is 11.2 Å². The minimum Gasteiger partial charge on any atom is -0.378 e. The number of rotatable bonds is 13. The van der Waals surface area contributed by atoms with Crippen molar-refractivity contribution in [2.24, 2.45) is 5.92 Å². The zero-order valence-electron chi connectivity index (χ0n) is 23.6. The number of halogens is 4. The van der Waals surface area contributed by atoms with Crippen LogP contribution in [0.3, 0.4) is 0 Å². The Morgan fingerprint density at radius 2 is 1.85 bits per heavy atom. The number of aromatic nitrogens is 4. The Hall–Kier alpha value is -2.56. The number of hydrogen-bond acceptors (Lipinski definition) is 9. The third kappa shape index (κ3) is 10.7. The van der Waals surface area contributed by atoms with E-state index >= 15 is 0 Å². The fraction of sp³-hybridized carbons (Fsp3) is 0.640. The van der Waals surface area contributed by atoms with Crippen molar-refractivity contribution in [1.29, 1.82) is 0 Å². The van der Waals surface area contributed by atoms with Crippen molar-refractivity contribution in [3.8, 4) is 0 Å². The summed E-state index contributed by atoms with van der Waals surface area (Å²) < 4.78 is 45.3. The van der Waals surface area contributed by atoms with Gasteiger partial charge in [-0.05, 0) is 47.7 Å². The lowest BCUT2D eigenvalue weighted by Crippen LogP contribution is -2.37. The lowest BCUT2D eigenvalue weighted by atomic mass is 9.93. The molecule has 1 aliphatic heterocycles. The Morgan fingerprint density at radius 1 is 1.20 bits per heavy atom. The number of anilines is 2. The van der Waals surface area contributed by atoms with Crippen LogP contribution >= 0.6 is 15.9 Å². The molecule has 1 unspecified atom stereocenters. The van der Waals surface area contributed by atoms with E-state index < -0.39 is 19.8 Å². The van der Waals surface area contributed by atoms with E-state index in [1.165, 1.54) is 10.9 Å². The molecule has 3 heterocycles. The van der Waals surface area contributed by atoms with Crippen molar-refractivity contribution in [1.82, 2.24) is 25.2 Å². The van der Waals surface area contributed by atoms with Crippen molar-refractivity contribution in [2.45, 2.75) is 70.8 Å². The predicted octanol–water partition coefficient (Wildman–Crippen LogP) is 4.28. The first-order chi connectivity index (χ1) is 19.2. The average molecular weight is 665 g/mol. The summed E-state index contributed by atoms with van der Waals surface area (Å²) in [7, 11) is -1.22. The molecule has 228 valence electrons. The maximum absolute atomic E-state index is 12.7. The highest BCUT2D eigenvalue weighted by Crippen LogP contribution is 2.29. The summed E-state index contributed by atoms with van der Waals surface area (Å²) in [6.07, 6.45) is 0.225. The van der Waals surface area contributed by atoms with E-state index in [2.05, 4.69) is 61.4 Å². The van der Waals surface area contributed by atoms with Gasteiger partial charge in [0.2, 0.25) is 11.9 Å². The minimum atomic E-state index is -4.48. The summed E-state index contributed by atoms with van der Waals surface area (Å²) in [4.78, 5) is 39.8. The van der Waals surface area contributed by atoms with Crippen LogP contribution in [0.2, 0.25) is 25.7 Å². The first-order valence-corrected chi connectivity index (χ1v) is 17.9. The SMILES string of the molecule is CC(CONC(=O)CC1CCN(c2ncc(C(F)(F)F)cn2)CC1)Nc1cnn(COCC[Si](C)(C)C)c(=O)c1Br. The quantitative estimate of drug-likeness (QED) is 0.184. The van der Waals surface area contributed by atoms with Gasteiger partial charge in [0.25, 0.3) is 5.56 Å². The van der Waals surface area contributed by atoms with Crippen LogP contribution in [0.25, 0.3) is 0 Å². The van der Waals surface area contributed by atoms with Crippen molar-refractivity contribution in [2.75, 3.05) is 36.5 Å². The molecule has 0 spiro atoms. The molecular formula is C25H37BrF3N7O4Si. The second-order valence-corrected chi connectivity index (χ2v) is 17.7. The van der Waals surface area contributed by atoms with Gasteiger partial charge in [0.15, 0.2) is 0 Å². The number of alkyl halides is 3. The highest BCUT2D eigenvalue weighted by Gasteiger charge is 2.32. The second-order valence-electron chi connectivity index (χ2n) is 11.3. The molecule has 1 amide bonds. The molecule has 11 nitrogen and oxygen atoms in total. The van der Waals surface area contributed by atoms with Gasteiger partial charge in [-0.15, -0.1) is 0 Å². The van der Waals surface area contributed by atoms with E-state index in [-0.39, 0.29) is 49.1 Å². The van der Waals surface area contributed by atoms with E-state index in [1.807, 2.05) is 11.8 Å². The lowest BCUT2D eigenvalue weighted by Gasteiger charge is -2.31. The summed E-state index contributed by atoms with van der Waals surface area (Å²) in [6.45, 7) is 10.5. The van der Waals surface area contributed by atoms with Crippen molar-refractivity contribution >= 4 is 41.5 Å². The summed E-state index contributed by atoms with van der Waals surface area (Å²) >= 11 is 3.33. The Balaban J connectivity index is 1.35. The predicted molar refractivity (Wildman–Crippen MR) is 154 cm³/mol. The molecular weight excluding hydrogens is 627 g/mol. The van der Waals surface area contributed by atoms with E-state index in [1.54, 1.807) is 0 Å². The number of amides is 1. The van der Waals surface area contributed by atoms with Gasteiger partial charge in [-0.25, -0.2) is 20.1 Å². The monoisotopic (exact) mass is 663 g/mol. The Bertz CT molecular complexity index is 1200. The topological polar surface area (TPSA) is 124 Å². The molecule has 0 aliphatic carbocycles. The van der Waals surface area contributed by atoms with E-state index in [0.717, 1.165) is 18.4 Å². The highest BCUT2D eigenvalue weighted by molar-refractivity contribution is 9.10. The molecule has 3 rings (SSSR count). The standard InChI is InChI=1S/C25H37BrF3N7O4Si/c1-17(33-20-14-32-36(23(38)22(20)26)16-39-9-10-41(2,3)4)15-40-34-21(37)11-18-5-7-35(8-6-18)24-30-12-19(13-31-24)25(27,28)29/h12-14,17-18,33H,5-11,15-16H2,1-4H3,(H,34,37). The number of hydroxylamine groups is 1. The van der Waals surface area contributed by atoms with Crippen molar-refractivity contribution in [3.05, 3.63) is 39.0 Å². The number of carbonyl (C=O) groups excluding carboxylic acids is 1. The minimum absolute atomic E-state index is 0.0781. The number of piperidine rings is 1. The zero-order chi connectivity index (χ0) is 30.2. The lowest BCUT2D eigenvalue weighted by molar-refractivity contribution is -0.138. The fourth-order valence-electron chi connectivity index (χ4n) is 4.01. The molecule has 1 saturated heterocycles. The molecule has 0 bridgehead atoms. The van der Waals surface area contributed by atoms with Gasteiger partial charge >= 0.3 is 6.18 Å². The van der Waals surface area contributed by atoms with Crippen molar-refractivity contribution in [3.63, 3.8) is 0 Å². The third-order valence-corrected chi connectivity index (χ3v) is 8.92. The first kappa shape index (κ1) is 32.9.